The number of guanidine groups is 1. The Morgan fingerprint density at radius 3 is 2.80 bits per heavy atom. The van der Waals surface area contributed by atoms with E-state index in [0.29, 0.717) is 0 Å². The van der Waals surface area contributed by atoms with Crippen LogP contribution >= 0.6 is 0 Å². The van der Waals surface area contributed by atoms with Gasteiger partial charge in [-0.3, -0.25) is 10.3 Å². The Kier molecular flexibility index (Phi) is 3.82. The van der Waals surface area contributed by atoms with E-state index in [0.717, 1.165) is 6.07 Å². The number of amides is 1. The van der Waals surface area contributed by atoms with E-state index in [9.17, 15) is 18.0 Å². The maximum Gasteiger partial charge on any atom is 0.416 e. The minimum atomic E-state index is -4.43. The molecule has 0 aliphatic carbocycles. The molecule has 2 rings (SSSR count). The Hall–Kier alpha value is -2.25. The van der Waals surface area contributed by atoms with Gasteiger partial charge < -0.3 is 10.1 Å². The summed E-state index contributed by atoms with van der Waals surface area (Å²) in [5.74, 6) is 0.0961. The molecule has 0 fully saturated rings. The van der Waals surface area contributed by atoms with Crippen LogP contribution in [-0.2, 0) is 10.9 Å². The predicted octanol–water partition coefficient (Wildman–Crippen LogP) is 2.06. The standard InChI is InChI=1S/C12H12F3N3O2/c1-20-11(19)18-10-16-6-9(17-10)7-4-2-3-5-8(7)12(13,14)15/h2-5,9H,6H2,1H3,(H2,16,17,18,19). The summed E-state index contributed by atoms with van der Waals surface area (Å²) in [6, 6.07) is 4.62. The lowest BCUT2D eigenvalue weighted by Crippen LogP contribution is -2.39. The van der Waals surface area contributed by atoms with Crippen molar-refractivity contribution in [1.29, 1.82) is 0 Å². The van der Waals surface area contributed by atoms with Gasteiger partial charge in [-0.1, -0.05) is 18.2 Å². The Labute approximate surface area is 112 Å². The Morgan fingerprint density at radius 2 is 2.15 bits per heavy atom. The van der Waals surface area contributed by atoms with Crippen molar-refractivity contribution in [2.24, 2.45) is 4.99 Å². The summed E-state index contributed by atoms with van der Waals surface area (Å²) in [7, 11) is 1.18. The van der Waals surface area contributed by atoms with E-state index in [4.69, 9.17) is 0 Å². The molecule has 0 aromatic heterocycles. The summed E-state index contributed by atoms with van der Waals surface area (Å²) >= 11 is 0. The highest BCUT2D eigenvalue weighted by atomic mass is 19.4. The first-order chi connectivity index (χ1) is 9.41. The number of alkyl carbamates (subject to hydrolysis) is 1. The van der Waals surface area contributed by atoms with Crippen LogP contribution in [0.25, 0.3) is 0 Å². The molecule has 2 N–H and O–H groups in total. The molecule has 0 spiro atoms. The fourth-order valence-electron chi connectivity index (χ4n) is 1.90. The second-order valence-electron chi connectivity index (χ2n) is 4.09. The Morgan fingerprint density at radius 1 is 1.45 bits per heavy atom. The highest BCUT2D eigenvalue weighted by Gasteiger charge is 2.36. The molecule has 0 saturated heterocycles. The average molecular weight is 287 g/mol. The zero-order chi connectivity index (χ0) is 14.8. The summed E-state index contributed by atoms with van der Waals surface area (Å²) in [5.41, 5.74) is -0.627. The Bertz CT molecular complexity index is 543. The molecule has 0 saturated carbocycles. The fraction of sp³-hybridized carbons (Fsp3) is 0.333. The third-order valence-electron chi connectivity index (χ3n) is 2.79. The number of halogens is 3. The minimum Gasteiger partial charge on any atom is -0.453 e. The van der Waals surface area contributed by atoms with Crippen LogP contribution in [0, 0.1) is 0 Å². The Balaban J connectivity index is 2.14. The van der Waals surface area contributed by atoms with Gasteiger partial charge in [0.2, 0.25) is 5.96 Å². The van der Waals surface area contributed by atoms with Crippen molar-refractivity contribution < 1.29 is 22.7 Å². The molecule has 20 heavy (non-hydrogen) atoms. The molecule has 1 heterocycles. The van der Waals surface area contributed by atoms with Crippen molar-refractivity contribution >= 4 is 12.1 Å². The van der Waals surface area contributed by atoms with E-state index in [-0.39, 0.29) is 18.1 Å². The predicted molar refractivity (Wildman–Crippen MR) is 65.2 cm³/mol. The summed E-state index contributed by atoms with van der Waals surface area (Å²) in [4.78, 5) is 14.9. The van der Waals surface area contributed by atoms with Gasteiger partial charge in [0, 0.05) is 0 Å². The molecule has 8 heteroatoms. The molecule has 1 aliphatic rings. The van der Waals surface area contributed by atoms with Crippen LogP contribution in [0.1, 0.15) is 17.2 Å². The maximum absolute atomic E-state index is 12.9. The van der Waals surface area contributed by atoms with Crippen LogP contribution in [-0.4, -0.2) is 25.7 Å². The van der Waals surface area contributed by atoms with Crippen LogP contribution in [0.3, 0.4) is 0 Å². The van der Waals surface area contributed by atoms with Gasteiger partial charge in [-0.05, 0) is 11.6 Å². The van der Waals surface area contributed by atoms with Crippen molar-refractivity contribution in [2.45, 2.75) is 12.2 Å². The van der Waals surface area contributed by atoms with Gasteiger partial charge in [0.15, 0.2) is 0 Å². The first kappa shape index (κ1) is 14.2. The number of carbonyl (C=O) groups excluding carboxylic acids is 1. The first-order valence-electron chi connectivity index (χ1n) is 5.74. The van der Waals surface area contributed by atoms with Crippen LogP contribution in [0.4, 0.5) is 18.0 Å². The fourth-order valence-corrected chi connectivity index (χ4v) is 1.90. The molecule has 1 atom stereocenters. The van der Waals surface area contributed by atoms with Crippen molar-refractivity contribution in [3.8, 4) is 0 Å². The number of aliphatic imine (C=N–C) groups is 1. The summed E-state index contributed by atoms with van der Waals surface area (Å²) in [5, 5.41) is 5.01. The number of nitrogens with zero attached hydrogens (tertiary/aromatic N) is 1. The van der Waals surface area contributed by atoms with E-state index in [2.05, 4.69) is 20.4 Å². The van der Waals surface area contributed by atoms with Crippen molar-refractivity contribution in [2.75, 3.05) is 13.7 Å². The quantitative estimate of drug-likeness (QED) is 0.831. The van der Waals surface area contributed by atoms with Crippen molar-refractivity contribution in [1.82, 2.24) is 10.6 Å². The van der Waals surface area contributed by atoms with Crippen LogP contribution in [0.5, 0.6) is 0 Å². The second-order valence-corrected chi connectivity index (χ2v) is 4.09. The number of benzene rings is 1. The van der Waals surface area contributed by atoms with Gasteiger partial charge in [0.25, 0.3) is 0 Å². The van der Waals surface area contributed by atoms with E-state index in [1.807, 2.05) is 0 Å². The number of nitrogens with one attached hydrogen (secondary N) is 2. The molecule has 0 radical (unpaired) electrons. The number of carbonyl (C=O) groups is 1. The smallest absolute Gasteiger partial charge is 0.416 e. The summed E-state index contributed by atoms with van der Waals surface area (Å²) in [6.45, 7) is 0.104. The number of alkyl halides is 3. The van der Waals surface area contributed by atoms with Crippen LogP contribution in [0.2, 0.25) is 0 Å². The van der Waals surface area contributed by atoms with E-state index in [1.54, 1.807) is 0 Å². The number of hydrogen-bond acceptors (Lipinski definition) is 4. The van der Waals surface area contributed by atoms with Crippen LogP contribution < -0.4 is 10.6 Å². The molecule has 0 bridgehead atoms. The molecule has 1 amide bonds. The molecule has 1 unspecified atom stereocenters. The molecule has 1 aliphatic heterocycles. The average Bonchev–Trinajstić information content (AvgIpc) is 2.86. The molecule has 5 nitrogen and oxygen atoms in total. The van der Waals surface area contributed by atoms with Gasteiger partial charge in [0.1, 0.15) is 0 Å². The van der Waals surface area contributed by atoms with Gasteiger partial charge in [-0.2, -0.15) is 13.2 Å². The zero-order valence-corrected chi connectivity index (χ0v) is 10.5. The second kappa shape index (κ2) is 5.40. The number of hydrogen-bond donors (Lipinski definition) is 2. The number of methoxy groups -OCH3 is 1. The molecular weight excluding hydrogens is 275 g/mol. The van der Waals surface area contributed by atoms with Gasteiger partial charge >= 0.3 is 12.3 Å². The molecule has 1 aromatic rings. The van der Waals surface area contributed by atoms with Crippen molar-refractivity contribution in [3.05, 3.63) is 35.4 Å². The van der Waals surface area contributed by atoms with Gasteiger partial charge in [-0.15, -0.1) is 0 Å². The third kappa shape index (κ3) is 3.01. The molecule has 108 valence electrons. The highest BCUT2D eigenvalue weighted by molar-refractivity contribution is 5.95. The first-order valence-corrected chi connectivity index (χ1v) is 5.74. The normalized spacial score (nSPS) is 18.2. The molecule has 1 aromatic carbocycles. The van der Waals surface area contributed by atoms with Crippen LogP contribution in [0.15, 0.2) is 29.3 Å². The maximum atomic E-state index is 12.9. The summed E-state index contributed by atoms with van der Waals surface area (Å²) < 4.78 is 43.1. The van der Waals surface area contributed by atoms with E-state index < -0.39 is 23.9 Å². The molecular formula is C12H12F3N3O2. The lowest BCUT2D eigenvalue weighted by molar-refractivity contribution is -0.138. The van der Waals surface area contributed by atoms with Gasteiger partial charge in [-0.25, -0.2) is 4.79 Å². The lowest BCUT2D eigenvalue weighted by atomic mass is 10.0. The largest absolute Gasteiger partial charge is 0.453 e. The van der Waals surface area contributed by atoms with Crippen molar-refractivity contribution in [3.63, 3.8) is 0 Å². The highest BCUT2D eigenvalue weighted by Crippen LogP contribution is 2.35. The number of rotatable bonds is 1. The van der Waals surface area contributed by atoms with E-state index >= 15 is 0 Å². The SMILES string of the molecule is COC(=O)NC1=NCC(c2ccccc2C(F)(F)F)N1. The topological polar surface area (TPSA) is 62.7 Å². The third-order valence-corrected chi connectivity index (χ3v) is 2.79. The lowest BCUT2D eigenvalue weighted by Gasteiger charge is -2.18. The summed E-state index contributed by atoms with van der Waals surface area (Å²) in [6.07, 6.45) is -5.17. The zero-order valence-electron chi connectivity index (χ0n) is 10.5. The minimum absolute atomic E-state index is 0.0883. The van der Waals surface area contributed by atoms with Gasteiger partial charge in [0.05, 0.1) is 25.3 Å². The van der Waals surface area contributed by atoms with E-state index in [1.165, 1.54) is 25.3 Å². The monoisotopic (exact) mass is 287 g/mol. The number of ether oxygens (including phenoxy) is 1.